The van der Waals surface area contributed by atoms with Gasteiger partial charge in [0.2, 0.25) is 0 Å². The van der Waals surface area contributed by atoms with Crippen LogP contribution in [-0.2, 0) is 13.0 Å². The van der Waals surface area contributed by atoms with Gasteiger partial charge in [0.05, 0.1) is 0 Å². The van der Waals surface area contributed by atoms with Crippen molar-refractivity contribution in [3.05, 3.63) is 27.4 Å². The average molecular weight is 209 g/mol. The molecule has 0 aromatic carbocycles. The Kier molecular flexibility index (Phi) is 2.38. The standard InChI is InChI=1S/C7H7ClF2N2O/c1-7(9,10)6-11-4(8)3-5(13)12(6)2/h3H,1-2H3. The van der Waals surface area contributed by atoms with Crippen molar-refractivity contribution in [1.29, 1.82) is 0 Å². The Balaban J connectivity index is 3.46. The molecule has 0 N–H and O–H groups in total. The SMILES string of the molecule is Cn1c(C(C)(F)F)nc(Cl)cc1=O. The number of rotatable bonds is 1. The quantitative estimate of drug-likeness (QED) is 0.657. The van der Waals surface area contributed by atoms with Crippen LogP contribution in [0, 0.1) is 0 Å². The zero-order valence-corrected chi connectivity index (χ0v) is 7.77. The molecule has 6 heteroatoms. The van der Waals surface area contributed by atoms with E-state index >= 15 is 0 Å². The number of halogens is 3. The van der Waals surface area contributed by atoms with E-state index in [0.717, 1.165) is 10.6 Å². The number of alkyl halides is 2. The molecule has 0 aliphatic heterocycles. The summed E-state index contributed by atoms with van der Waals surface area (Å²) >= 11 is 5.37. The van der Waals surface area contributed by atoms with Gasteiger partial charge in [-0.2, -0.15) is 8.78 Å². The van der Waals surface area contributed by atoms with E-state index in [9.17, 15) is 13.6 Å². The molecule has 0 saturated heterocycles. The summed E-state index contributed by atoms with van der Waals surface area (Å²) in [6.07, 6.45) is 0. The Morgan fingerprint density at radius 2 is 2.15 bits per heavy atom. The Labute approximate surface area is 78.0 Å². The van der Waals surface area contributed by atoms with Crippen molar-refractivity contribution < 1.29 is 8.78 Å². The maximum Gasteiger partial charge on any atom is 0.302 e. The predicted octanol–water partition coefficient (Wildman–Crippen LogP) is 1.55. The van der Waals surface area contributed by atoms with Crippen molar-refractivity contribution >= 4 is 11.6 Å². The van der Waals surface area contributed by atoms with E-state index in [1.165, 1.54) is 7.05 Å². The smallest absolute Gasteiger partial charge is 0.295 e. The third kappa shape index (κ3) is 2.03. The molecular weight excluding hydrogens is 202 g/mol. The molecule has 1 aromatic rings. The minimum absolute atomic E-state index is 0.223. The van der Waals surface area contributed by atoms with Gasteiger partial charge in [-0.05, 0) is 0 Å². The highest BCUT2D eigenvalue weighted by molar-refractivity contribution is 6.29. The first-order chi connectivity index (χ1) is 5.82. The van der Waals surface area contributed by atoms with Crippen molar-refractivity contribution in [1.82, 2.24) is 9.55 Å². The Hall–Kier alpha value is -0.970. The van der Waals surface area contributed by atoms with Crippen molar-refractivity contribution in [3.63, 3.8) is 0 Å². The van der Waals surface area contributed by atoms with E-state index in [1.54, 1.807) is 0 Å². The van der Waals surface area contributed by atoms with E-state index in [-0.39, 0.29) is 5.15 Å². The highest BCUT2D eigenvalue weighted by atomic mass is 35.5. The minimum Gasteiger partial charge on any atom is -0.295 e. The lowest BCUT2D eigenvalue weighted by molar-refractivity contribution is 0.00345. The van der Waals surface area contributed by atoms with Crippen molar-refractivity contribution in [2.24, 2.45) is 7.05 Å². The Morgan fingerprint density at radius 3 is 2.62 bits per heavy atom. The van der Waals surface area contributed by atoms with E-state index < -0.39 is 17.3 Å². The molecule has 1 heterocycles. The Morgan fingerprint density at radius 1 is 1.62 bits per heavy atom. The topological polar surface area (TPSA) is 34.9 Å². The summed E-state index contributed by atoms with van der Waals surface area (Å²) in [6, 6.07) is 0.983. The molecule has 0 unspecified atom stereocenters. The molecular formula is C7H7ClF2N2O. The molecule has 1 aromatic heterocycles. The average Bonchev–Trinajstić information content (AvgIpc) is 1.94. The van der Waals surface area contributed by atoms with Gasteiger partial charge >= 0.3 is 5.92 Å². The summed E-state index contributed by atoms with van der Waals surface area (Å²) in [7, 11) is 1.22. The van der Waals surface area contributed by atoms with Gasteiger partial charge in [-0.15, -0.1) is 0 Å². The lowest BCUT2D eigenvalue weighted by atomic mass is 10.3. The second-order valence-electron chi connectivity index (χ2n) is 2.69. The molecule has 1 rings (SSSR count). The van der Waals surface area contributed by atoms with Gasteiger partial charge < -0.3 is 0 Å². The summed E-state index contributed by atoms with van der Waals surface area (Å²) < 4.78 is 26.4. The van der Waals surface area contributed by atoms with Crippen molar-refractivity contribution in [2.45, 2.75) is 12.8 Å². The molecule has 0 fully saturated rings. The summed E-state index contributed by atoms with van der Waals surface area (Å²) in [5, 5.41) is -0.223. The maximum atomic E-state index is 12.8. The summed E-state index contributed by atoms with van der Waals surface area (Å²) in [5.41, 5.74) is -0.600. The third-order valence-electron chi connectivity index (χ3n) is 1.50. The molecule has 0 atom stereocenters. The van der Waals surface area contributed by atoms with Gasteiger partial charge in [0, 0.05) is 20.0 Å². The van der Waals surface area contributed by atoms with Crippen molar-refractivity contribution in [3.8, 4) is 0 Å². The molecule has 0 radical (unpaired) electrons. The first-order valence-electron chi connectivity index (χ1n) is 3.44. The van der Waals surface area contributed by atoms with Crippen LogP contribution in [-0.4, -0.2) is 9.55 Å². The molecule has 3 nitrogen and oxygen atoms in total. The third-order valence-corrected chi connectivity index (χ3v) is 1.69. The van der Waals surface area contributed by atoms with E-state index in [1.807, 2.05) is 0 Å². The lowest BCUT2D eigenvalue weighted by Crippen LogP contribution is -2.27. The first kappa shape index (κ1) is 10.1. The zero-order valence-electron chi connectivity index (χ0n) is 7.01. The number of aromatic nitrogens is 2. The van der Waals surface area contributed by atoms with Crippen LogP contribution in [0.25, 0.3) is 0 Å². The fourth-order valence-corrected chi connectivity index (χ4v) is 1.08. The van der Waals surface area contributed by atoms with Crippen LogP contribution in [0.2, 0.25) is 5.15 Å². The molecule has 0 bridgehead atoms. The van der Waals surface area contributed by atoms with E-state index in [2.05, 4.69) is 4.98 Å². The van der Waals surface area contributed by atoms with Gasteiger partial charge in [0.15, 0.2) is 5.82 Å². The largest absolute Gasteiger partial charge is 0.302 e. The van der Waals surface area contributed by atoms with Gasteiger partial charge in [0.25, 0.3) is 5.56 Å². The molecule has 72 valence electrons. The molecule has 13 heavy (non-hydrogen) atoms. The highest BCUT2D eigenvalue weighted by Gasteiger charge is 2.29. The van der Waals surface area contributed by atoms with Crippen LogP contribution in [0.1, 0.15) is 12.7 Å². The molecule has 0 aliphatic rings. The van der Waals surface area contributed by atoms with Crippen LogP contribution in [0.5, 0.6) is 0 Å². The number of hydrogen-bond donors (Lipinski definition) is 0. The van der Waals surface area contributed by atoms with Gasteiger partial charge in [-0.3, -0.25) is 9.36 Å². The normalized spacial score (nSPS) is 11.8. The lowest BCUT2D eigenvalue weighted by Gasteiger charge is -2.12. The van der Waals surface area contributed by atoms with Crippen LogP contribution < -0.4 is 5.56 Å². The molecule has 0 amide bonds. The highest BCUT2D eigenvalue weighted by Crippen LogP contribution is 2.24. The van der Waals surface area contributed by atoms with Crippen LogP contribution in [0.15, 0.2) is 10.9 Å². The number of hydrogen-bond acceptors (Lipinski definition) is 2. The maximum absolute atomic E-state index is 12.8. The Bertz CT molecular complexity index is 383. The number of nitrogens with zero attached hydrogens (tertiary/aromatic N) is 2. The van der Waals surface area contributed by atoms with Crippen LogP contribution >= 0.6 is 11.6 Å². The van der Waals surface area contributed by atoms with Gasteiger partial charge in [0.1, 0.15) is 5.15 Å². The molecule has 0 spiro atoms. The van der Waals surface area contributed by atoms with E-state index in [4.69, 9.17) is 11.6 Å². The molecule has 0 aliphatic carbocycles. The summed E-state index contributed by atoms with van der Waals surface area (Å²) in [4.78, 5) is 14.4. The second kappa shape index (κ2) is 3.06. The summed E-state index contributed by atoms with van der Waals surface area (Å²) in [5.74, 6) is -3.80. The van der Waals surface area contributed by atoms with E-state index in [0.29, 0.717) is 6.92 Å². The molecule has 0 saturated carbocycles. The first-order valence-corrected chi connectivity index (χ1v) is 3.82. The minimum atomic E-state index is -3.17. The fourth-order valence-electron chi connectivity index (χ4n) is 0.904. The zero-order chi connectivity index (χ0) is 10.2. The van der Waals surface area contributed by atoms with Crippen molar-refractivity contribution in [2.75, 3.05) is 0 Å². The van der Waals surface area contributed by atoms with Crippen LogP contribution in [0.3, 0.4) is 0 Å². The summed E-state index contributed by atoms with van der Waals surface area (Å²) in [6.45, 7) is 0.658. The monoisotopic (exact) mass is 208 g/mol. The van der Waals surface area contributed by atoms with Crippen LogP contribution in [0.4, 0.5) is 8.78 Å². The predicted molar refractivity (Wildman–Crippen MR) is 44.1 cm³/mol. The van der Waals surface area contributed by atoms with Gasteiger partial charge in [-0.1, -0.05) is 11.6 Å². The van der Waals surface area contributed by atoms with Gasteiger partial charge in [-0.25, -0.2) is 4.98 Å². The fraction of sp³-hybridized carbons (Fsp3) is 0.429. The second-order valence-corrected chi connectivity index (χ2v) is 3.08.